The fraction of sp³-hybridized carbons (Fsp3) is 0.389. The van der Waals surface area contributed by atoms with Crippen LogP contribution in [-0.4, -0.2) is 45.6 Å². The third kappa shape index (κ3) is 2.75. The first-order valence-corrected chi connectivity index (χ1v) is 8.56. The van der Waals surface area contributed by atoms with E-state index in [1.165, 1.54) is 17.7 Å². The molecule has 26 heavy (non-hydrogen) atoms. The Morgan fingerprint density at radius 1 is 1.19 bits per heavy atom. The Hall–Kier alpha value is -2.77. The van der Waals surface area contributed by atoms with Crippen LogP contribution >= 0.6 is 0 Å². The molecule has 1 aliphatic heterocycles. The number of carbonyl (C=O) groups is 2. The molecule has 1 aliphatic carbocycles. The van der Waals surface area contributed by atoms with Gasteiger partial charge in [0.05, 0.1) is 11.7 Å². The van der Waals surface area contributed by atoms with Gasteiger partial charge in [0.25, 0.3) is 5.91 Å². The van der Waals surface area contributed by atoms with Crippen LogP contribution in [0.3, 0.4) is 0 Å². The first-order valence-electron chi connectivity index (χ1n) is 8.56. The lowest BCUT2D eigenvalue weighted by Gasteiger charge is -2.38. The summed E-state index contributed by atoms with van der Waals surface area (Å²) in [6, 6.07) is 3.50. The van der Waals surface area contributed by atoms with Crippen molar-refractivity contribution in [3.63, 3.8) is 0 Å². The largest absolute Gasteiger partial charge is 0.344 e. The molecule has 4 rings (SSSR count). The molecule has 1 aromatic carbocycles. The molecule has 1 fully saturated rings. The second-order valence-electron chi connectivity index (χ2n) is 6.73. The van der Waals surface area contributed by atoms with Gasteiger partial charge in [0.1, 0.15) is 0 Å². The number of benzene rings is 1. The number of fused-ring (bicyclic) bond motifs is 1. The van der Waals surface area contributed by atoms with Gasteiger partial charge in [0.2, 0.25) is 5.91 Å². The minimum Gasteiger partial charge on any atom is -0.344 e. The molecular weight excluding hydrogens is 342 g/mol. The number of carbonyl (C=O) groups excluding carboxylic acids is 2. The Balaban J connectivity index is 1.59. The summed E-state index contributed by atoms with van der Waals surface area (Å²) in [5, 5.41) is 7.26. The van der Waals surface area contributed by atoms with E-state index in [1.807, 2.05) is 0 Å². The van der Waals surface area contributed by atoms with Crippen LogP contribution in [0.15, 0.2) is 18.2 Å². The Kier molecular flexibility index (Phi) is 3.97. The highest BCUT2D eigenvalue weighted by molar-refractivity contribution is 5.94. The summed E-state index contributed by atoms with van der Waals surface area (Å²) >= 11 is 0. The van der Waals surface area contributed by atoms with Crippen LogP contribution in [0.2, 0.25) is 0 Å². The highest BCUT2D eigenvalue weighted by Crippen LogP contribution is 2.28. The van der Waals surface area contributed by atoms with Crippen molar-refractivity contribution in [2.24, 2.45) is 0 Å². The SMILES string of the molecule is CC(=O)N1CC(NC(=O)c2nn(-c3ccc(F)c(F)c3)c3c2CCC3)C1. The third-order valence-corrected chi connectivity index (χ3v) is 4.96. The molecule has 0 spiro atoms. The minimum absolute atomic E-state index is 0.0148. The number of hydrogen-bond donors (Lipinski definition) is 1. The number of aromatic nitrogens is 2. The molecule has 2 amide bonds. The van der Waals surface area contributed by atoms with E-state index < -0.39 is 11.6 Å². The van der Waals surface area contributed by atoms with Crippen molar-refractivity contribution in [2.75, 3.05) is 13.1 Å². The van der Waals surface area contributed by atoms with Crippen LogP contribution in [0.25, 0.3) is 5.69 Å². The maximum atomic E-state index is 13.6. The average Bonchev–Trinajstić information content (AvgIpc) is 3.14. The van der Waals surface area contributed by atoms with Crippen LogP contribution in [-0.2, 0) is 17.6 Å². The van der Waals surface area contributed by atoms with Gasteiger partial charge in [-0.25, -0.2) is 13.5 Å². The van der Waals surface area contributed by atoms with Gasteiger partial charge < -0.3 is 10.2 Å². The normalized spacial score (nSPS) is 16.3. The van der Waals surface area contributed by atoms with Gasteiger partial charge in [-0.15, -0.1) is 0 Å². The Bertz CT molecular complexity index is 903. The van der Waals surface area contributed by atoms with Crippen molar-refractivity contribution in [1.29, 1.82) is 0 Å². The lowest BCUT2D eigenvalue weighted by molar-refractivity contribution is -0.133. The molecule has 6 nitrogen and oxygen atoms in total. The zero-order chi connectivity index (χ0) is 18.4. The van der Waals surface area contributed by atoms with E-state index >= 15 is 0 Å². The first kappa shape index (κ1) is 16.7. The Labute approximate surface area is 148 Å². The van der Waals surface area contributed by atoms with Crippen LogP contribution in [0, 0.1) is 11.6 Å². The second-order valence-corrected chi connectivity index (χ2v) is 6.73. The lowest BCUT2D eigenvalue weighted by Crippen LogP contribution is -2.60. The van der Waals surface area contributed by atoms with Crippen molar-refractivity contribution in [1.82, 2.24) is 20.0 Å². The van der Waals surface area contributed by atoms with Gasteiger partial charge in [0.15, 0.2) is 17.3 Å². The van der Waals surface area contributed by atoms with Gasteiger partial charge in [-0.3, -0.25) is 9.59 Å². The summed E-state index contributed by atoms with van der Waals surface area (Å²) in [6.45, 7) is 2.48. The van der Waals surface area contributed by atoms with Crippen molar-refractivity contribution < 1.29 is 18.4 Å². The smallest absolute Gasteiger partial charge is 0.272 e. The fourth-order valence-electron chi connectivity index (χ4n) is 3.53. The van der Waals surface area contributed by atoms with E-state index in [0.717, 1.165) is 42.7 Å². The number of likely N-dealkylation sites (tertiary alicyclic amines) is 1. The van der Waals surface area contributed by atoms with E-state index in [0.29, 0.717) is 24.5 Å². The summed E-state index contributed by atoms with van der Waals surface area (Å²) in [7, 11) is 0. The third-order valence-electron chi connectivity index (χ3n) is 4.96. The van der Waals surface area contributed by atoms with E-state index in [4.69, 9.17) is 0 Å². The molecular formula is C18H18F2N4O2. The standard InChI is InChI=1S/C18H18F2N4O2/c1-10(25)23-8-11(9-23)21-18(26)17-13-3-2-4-16(13)24(22-17)12-5-6-14(19)15(20)7-12/h5-7,11H,2-4,8-9H2,1H3,(H,21,26). The van der Waals surface area contributed by atoms with Crippen LogP contribution < -0.4 is 5.32 Å². The number of amides is 2. The lowest BCUT2D eigenvalue weighted by atomic mass is 10.1. The number of halogens is 2. The molecule has 136 valence electrons. The van der Waals surface area contributed by atoms with E-state index in [9.17, 15) is 18.4 Å². The maximum Gasteiger partial charge on any atom is 0.272 e. The first-order chi connectivity index (χ1) is 12.4. The number of nitrogens with one attached hydrogen (secondary N) is 1. The van der Waals surface area contributed by atoms with Crippen LogP contribution in [0.1, 0.15) is 35.1 Å². The molecule has 0 bridgehead atoms. The van der Waals surface area contributed by atoms with Gasteiger partial charge in [-0.1, -0.05) is 0 Å². The van der Waals surface area contributed by atoms with Gasteiger partial charge in [-0.2, -0.15) is 5.10 Å². The van der Waals surface area contributed by atoms with Crippen molar-refractivity contribution in [2.45, 2.75) is 32.2 Å². The highest BCUT2D eigenvalue weighted by atomic mass is 19.2. The molecule has 1 saturated heterocycles. The van der Waals surface area contributed by atoms with E-state index in [1.54, 1.807) is 4.90 Å². The Morgan fingerprint density at radius 2 is 1.96 bits per heavy atom. The van der Waals surface area contributed by atoms with Gasteiger partial charge >= 0.3 is 0 Å². The molecule has 0 saturated carbocycles. The number of rotatable bonds is 3. The second kappa shape index (κ2) is 6.19. The molecule has 0 unspecified atom stereocenters. The quantitative estimate of drug-likeness (QED) is 0.904. The zero-order valence-electron chi connectivity index (χ0n) is 14.3. The molecule has 2 heterocycles. The summed E-state index contributed by atoms with van der Waals surface area (Å²) in [4.78, 5) is 25.5. The maximum absolute atomic E-state index is 13.6. The predicted octanol–water partition coefficient (Wildman–Crippen LogP) is 1.60. The van der Waals surface area contributed by atoms with Crippen molar-refractivity contribution >= 4 is 11.8 Å². The predicted molar refractivity (Wildman–Crippen MR) is 89.0 cm³/mol. The molecule has 1 N–H and O–H groups in total. The van der Waals surface area contributed by atoms with Crippen LogP contribution in [0.5, 0.6) is 0 Å². The van der Waals surface area contributed by atoms with Gasteiger partial charge in [0, 0.05) is 37.3 Å². The topological polar surface area (TPSA) is 67.2 Å². The molecule has 0 radical (unpaired) electrons. The average molecular weight is 360 g/mol. The summed E-state index contributed by atoms with van der Waals surface area (Å²) in [6.07, 6.45) is 2.35. The van der Waals surface area contributed by atoms with Gasteiger partial charge in [-0.05, 0) is 31.4 Å². The van der Waals surface area contributed by atoms with Crippen molar-refractivity contribution in [3.8, 4) is 5.69 Å². The zero-order valence-corrected chi connectivity index (χ0v) is 14.3. The van der Waals surface area contributed by atoms with Crippen LogP contribution in [0.4, 0.5) is 8.78 Å². The Morgan fingerprint density at radius 3 is 2.65 bits per heavy atom. The molecule has 8 heteroatoms. The van der Waals surface area contributed by atoms with E-state index in [2.05, 4.69) is 10.4 Å². The summed E-state index contributed by atoms with van der Waals surface area (Å²) < 4.78 is 28.3. The molecule has 0 atom stereocenters. The minimum atomic E-state index is -0.949. The number of hydrogen-bond acceptors (Lipinski definition) is 3. The fourth-order valence-corrected chi connectivity index (χ4v) is 3.53. The van der Waals surface area contributed by atoms with Crippen molar-refractivity contribution in [3.05, 3.63) is 46.8 Å². The monoisotopic (exact) mass is 360 g/mol. The molecule has 1 aromatic heterocycles. The summed E-state index contributed by atoms with van der Waals surface area (Å²) in [5.74, 6) is -2.18. The highest BCUT2D eigenvalue weighted by Gasteiger charge is 2.33. The van der Waals surface area contributed by atoms with E-state index in [-0.39, 0.29) is 17.9 Å². The molecule has 2 aliphatic rings. The number of nitrogens with zero attached hydrogens (tertiary/aromatic N) is 3. The molecule has 2 aromatic rings. The summed E-state index contributed by atoms with van der Waals surface area (Å²) in [5.41, 5.74) is 2.44.